The Morgan fingerprint density at radius 3 is 2.10 bits per heavy atom. The molecule has 0 aromatic rings. The van der Waals surface area contributed by atoms with E-state index >= 15 is 0 Å². The SMILES string of the molecule is C=CC(C)(C)/C=C/C(C)(C)C(CCCS)CCCCC. The Kier molecular flexibility index (Phi) is 9.63. The van der Waals surface area contributed by atoms with Gasteiger partial charge in [0.05, 0.1) is 0 Å². The lowest BCUT2D eigenvalue weighted by atomic mass is 9.72. The third kappa shape index (κ3) is 8.19. The summed E-state index contributed by atoms with van der Waals surface area (Å²) in [5.41, 5.74) is 0.353. The van der Waals surface area contributed by atoms with Crippen LogP contribution < -0.4 is 0 Å². The van der Waals surface area contributed by atoms with Crippen LogP contribution in [0.5, 0.6) is 0 Å². The minimum atomic E-state index is 0.0920. The summed E-state index contributed by atoms with van der Waals surface area (Å²) in [7, 11) is 0. The molecule has 0 aromatic carbocycles. The van der Waals surface area contributed by atoms with E-state index in [0.717, 1.165) is 11.7 Å². The number of rotatable bonds is 11. The zero-order chi connectivity index (χ0) is 15.6. The normalized spacial score (nSPS) is 14.7. The highest BCUT2D eigenvalue weighted by molar-refractivity contribution is 7.80. The molecule has 0 nitrogen and oxygen atoms in total. The summed E-state index contributed by atoms with van der Waals surface area (Å²) in [5.74, 6) is 1.76. The third-order valence-electron chi connectivity index (χ3n) is 4.39. The van der Waals surface area contributed by atoms with Crippen LogP contribution in [0, 0.1) is 16.7 Å². The lowest BCUT2D eigenvalue weighted by Gasteiger charge is -2.33. The van der Waals surface area contributed by atoms with E-state index in [2.05, 4.69) is 66.0 Å². The molecule has 0 radical (unpaired) electrons. The van der Waals surface area contributed by atoms with Gasteiger partial charge in [0.1, 0.15) is 0 Å². The summed E-state index contributed by atoms with van der Waals surface area (Å²) in [6, 6.07) is 0. The fraction of sp³-hybridized carbons (Fsp3) is 0.789. The largest absolute Gasteiger partial charge is 0.179 e. The average Bonchev–Trinajstić information content (AvgIpc) is 2.40. The van der Waals surface area contributed by atoms with Crippen LogP contribution in [0.2, 0.25) is 0 Å². The first-order valence-electron chi connectivity index (χ1n) is 8.24. The maximum Gasteiger partial charge on any atom is 0.000193 e. The van der Waals surface area contributed by atoms with Crippen LogP contribution in [-0.4, -0.2) is 5.75 Å². The molecule has 0 aliphatic rings. The molecule has 0 bridgehead atoms. The fourth-order valence-electron chi connectivity index (χ4n) is 2.50. The predicted molar refractivity (Wildman–Crippen MR) is 97.6 cm³/mol. The Balaban J connectivity index is 4.77. The summed E-state index contributed by atoms with van der Waals surface area (Å²) >= 11 is 4.38. The Hall–Kier alpha value is -0.170. The van der Waals surface area contributed by atoms with Gasteiger partial charge in [-0.2, -0.15) is 12.6 Å². The van der Waals surface area contributed by atoms with E-state index in [1.807, 2.05) is 6.08 Å². The molecule has 0 saturated carbocycles. The van der Waals surface area contributed by atoms with E-state index in [1.54, 1.807) is 0 Å². The number of unbranched alkanes of at least 4 members (excludes halogenated alkanes) is 2. The molecule has 0 aliphatic carbocycles. The average molecular weight is 297 g/mol. The maximum absolute atomic E-state index is 4.38. The second-order valence-corrected chi connectivity index (χ2v) is 7.69. The first-order chi connectivity index (χ1) is 9.29. The third-order valence-corrected chi connectivity index (χ3v) is 4.70. The van der Waals surface area contributed by atoms with Crippen molar-refractivity contribution in [3.63, 3.8) is 0 Å². The van der Waals surface area contributed by atoms with Gasteiger partial charge < -0.3 is 0 Å². The van der Waals surface area contributed by atoms with Crippen LogP contribution in [0.15, 0.2) is 24.8 Å². The molecule has 20 heavy (non-hydrogen) atoms. The van der Waals surface area contributed by atoms with Crippen molar-refractivity contribution < 1.29 is 0 Å². The van der Waals surface area contributed by atoms with E-state index in [9.17, 15) is 0 Å². The van der Waals surface area contributed by atoms with Crippen LogP contribution in [-0.2, 0) is 0 Å². The van der Waals surface area contributed by atoms with Gasteiger partial charge in [-0.3, -0.25) is 0 Å². The first kappa shape index (κ1) is 19.8. The lowest BCUT2D eigenvalue weighted by Crippen LogP contribution is -2.23. The number of allylic oxidation sites excluding steroid dienone is 3. The first-order valence-corrected chi connectivity index (χ1v) is 8.87. The van der Waals surface area contributed by atoms with E-state index in [0.29, 0.717) is 0 Å². The van der Waals surface area contributed by atoms with Gasteiger partial charge in [-0.1, -0.05) is 72.1 Å². The topological polar surface area (TPSA) is 0 Å². The minimum absolute atomic E-state index is 0.0920. The molecular weight excluding hydrogens is 260 g/mol. The summed E-state index contributed by atoms with van der Waals surface area (Å²) in [6.45, 7) is 15.4. The molecule has 0 amide bonds. The standard InChI is InChI=1S/C19H36S/c1-7-9-10-12-17(13-11-16-20)19(5,6)15-14-18(3,4)8-2/h8,14-15,17,20H,2,7,9-13,16H2,1,3-6H3/b15-14+. The molecule has 0 saturated heterocycles. The summed E-state index contributed by atoms with van der Waals surface area (Å²) in [4.78, 5) is 0. The lowest BCUT2D eigenvalue weighted by molar-refractivity contribution is 0.239. The van der Waals surface area contributed by atoms with Crippen molar-refractivity contribution in [2.24, 2.45) is 16.7 Å². The Morgan fingerprint density at radius 1 is 1.00 bits per heavy atom. The number of hydrogen-bond donors (Lipinski definition) is 1. The van der Waals surface area contributed by atoms with Gasteiger partial charge in [-0.15, -0.1) is 6.58 Å². The minimum Gasteiger partial charge on any atom is -0.179 e. The zero-order valence-corrected chi connectivity index (χ0v) is 15.3. The highest BCUT2D eigenvalue weighted by atomic mass is 32.1. The van der Waals surface area contributed by atoms with Crippen LogP contribution >= 0.6 is 12.6 Å². The van der Waals surface area contributed by atoms with Gasteiger partial charge in [-0.25, -0.2) is 0 Å². The molecule has 0 spiro atoms. The second-order valence-electron chi connectivity index (χ2n) is 7.24. The zero-order valence-electron chi connectivity index (χ0n) is 14.4. The molecule has 0 heterocycles. The molecule has 0 aliphatic heterocycles. The van der Waals surface area contributed by atoms with Crippen molar-refractivity contribution in [1.82, 2.24) is 0 Å². The predicted octanol–water partition coefficient (Wildman–Crippen LogP) is 6.69. The molecule has 0 aromatic heterocycles. The van der Waals surface area contributed by atoms with Crippen LogP contribution in [0.1, 0.15) is 73.1 Å². The monoisotopic (exact) mass is 296 g/mol. The Morgan fingerprint density at radius 2 is 1.60 bits per heavy atom. The van der Waals surface area contributed by atoms with Gasteiger partial charge >= 0.3 is 0 Å². The summed E-state index contributed by atoms with van der Waals surface area (Å²) < 4.78 is 0. The van der Waals surface area contributed by atoms with Crippen molar-refractivity contribution in [3.05, 3.63) is 24.8 Å². The smallest absolute Gasteiger partial charge is 0.000193 e. The molecule has 118 valence electrons. The van der Waals surface area contributed by atoms with Crippen molar-refractivity contribution in [2.75, 3.05) is 5.75 Å². The van der Waals surface area contributed by atoms with Crippen LogP contribution in [0.25, 0.3) is 0 Å². The molecule has 0 fully saturated rings. The van der Waals surface area contributed by atoms with Crippen LogP contribution in [0.4, 0.5) is 0 Å². The van der Waals surface area contributed by atoms with Crippen molar-refractivity contribution in [1.29, 1.82) is 0 Å². The maximum atomic E-state index is 4.38. The van der Waals surface area contributed by atoms with E-state index < -0.39 is 0 Å². The van der Waals surface area contributed by atoms with Gasteiger partial charge in [0.2, 0.25) is 0 Å². The van der Waals surface area contributed by atoms with Crippen LogP contribution in [0.3, 0.4) is 0 Å². The van der Waals surface area contributed by atoms with Gasteiger partial charge in [0.25, 0.3) is 0 Å². The van der Waals surface area contributed by atoms with E-state index in [-0.39, 0.29) is 10.8 Å². The Labute approximate surface area is 133 Å². The Bertz CT molecular complexity index is 286. The fourth-order valence-corrected chi connectivity index (χ4v) is 2.68. The molecule has 0 N–H and O–H groups in total. The van der Waals surface area contributed by atoms with Gasteiger partial charge in [0, 0.05) is 5.41 Å². The molecule has 0 rings (SSSR count). The van der Waals surface area contributed by atoms with Crippen molar-refractivity contribution in [3.8, 4) is 0 Å². The number of hydrogen-bond acceptors (Lipinski definition) is 1. The second kappa shape index (κ2) is 9.71. The van der Waals surface area contributed by atoms with E-state index in [1.165, 1.54) is 38.5 Å². The van der Waals surface area contributed by atoms with Gasteiger partial charge in [-0.05, 0) is 36.3 Å². The highest BCUT2D eigenvalue weighted by Gasteiger charge is 2.26. The van der Waals surface area contributed by atoms with Crippen molar-refractivity contribution >= 4 is 12.6 Å². The highest BCUT2D eigenvalue weighted by Crippen LogP contribution is 2.37. The summed E-state index contributed by atoms with van der Waals surface area (Å²) in [5, 5.41) is 0. The van der Waals surface area contributed by atoms with Gasteiger partial charge in [0.15, 0.2) is 0 Å². The van der Waals surface area contributed by atoms with E-state index in [4.69, 9.17) is 0 Å². The summed E-state index contributed by atoms with van der Waals surface area (Å²) in [6.07, 6.45) is 14.6. The van der Waals surface area contributed by atoms with Crippen molar-refractivity contribution in [2.45, 2.75) is 73.1 Å². The molecule has 1 heteroatoms. The quantitative estimate of drug-likeness (QED) is 0.245. The number of thiol groups is 1. The molecular formula is C19H36S. The molecule has 1 unspecified atom stereocenters. The molecule has 1 atom stereocenters.